The predicted molar refractivity (Wildman–Crippen MR) is 48.9 cm³/mol. The van der Waals surface area contributed by atoms with Gasteiger partial charge in [-0.2, -0.15) is 0 Å². The minimum atomic E-state index is 0.317. The summed E-state index contributed by atoms with van der Waals surface area (Å²) in [6.07, 6.45) is 8.08. The average molecular weight is 169 g/mol. The van der Waals surface area contributed by atoms with Crippen LogP contribution < -0.4 is 5.73 Å². The van der Waals surface area contributed by atoms with Crippen molar-refractivity contribution in [3.8, 4) is 0 Å². The Hall–Kier alpha value is -0.0800. The van der Waals surface area contributed by atoms with Crippen LogP contribution >= 0.6 is 0 Å². The molecule has 0 saturated heterocycles. The van der Waals surface area contributed by atoms with Gasteiger partial charge in [-0.1, -0.05) is 12.8 Å². The molecule has 2 aliphatic rings. The number of rotatable bonds is 3. The van der Waals surface area contributed by atoms with Crippen LogP contribution in [0.2, 0.25) is 0 Å². The number of hydrogen-bond donors (Lipinski definition) is 1. The summed E-state index contributed by atoms with van der Waals surface area (Å²) in [5.41, 5.74) is 5.96. The van der Waals surface area contributed by atoms with E-state index in [1.54, 1.807) is 0 Å². The molecule has 0 amide bonds. The quantitative estimate of drug-likeness (QED) is 0.697. The van der Waals surface area contributed by atoms with Crippen molar-refractivity contribution < 1.29 is 4.74 Å². The lowest BCUT2D eigenvalue weighted by molar-refractivity contribution is 0.00939. The number of ether oxygens (including phenoxy) is 1. The summed E-state index contributed by atoms with van der Waals surface area (Å²) < 4.78 is 5.79. The van der Waals surface area contributed by atoms with Crippen molar-refractivity contribution >= 4 is 0 Å². The molecule has 2 heteroatoms. The van der Waals surface area contributed by atoms with Crippen molar-refractivity contribution in [1.29, 1.82) is 0 Å². The lowest BCUT2D eigenvalue weighted by atomic mass is 9.93. The second-order valence-electron chi connectivity index (χ2n) is 4.26. The van der Waals surface area contributed by atoms with E-state index < -0.39 is 0 Å². The third kappa shape index (κ3) is 2.20. The highest BCUT2D eigenvalue weighted by Crippen LogP contribution is 2.30. The van der Waals surface area contributed by atoms with Crippen molar-refractivity contribution in [3.05, 3.63) is 0 Å². The van der Waals surface area contributed by atoms with E-state index in [2.05, 4.69) is 0 Å². The molecule has 2 fully saturated rings. The molecule has 12 heavy (non-hydrogen) atoms. The molecule has 0 bridgehead atoms. The van der Waals surface area contributed by atoms with E-state index in [-0.39, 0.29) is 0 Å². The maximum Gasteiger partial charge on any atom is 0.0726 e. The van der Waals surface area contributed by atoms with Crippen LogP contribution in [0.15, 0.2) is 0 Å². The summed E-state index contributed by atoms with van der Waals surface area (Å²) >= 11 is 0. The first kappa shape index (κ1) is 8.52. The highest BCUT2D eigenvalue weighted by Gasteiger charge is 2.26. The fraction of sp³-hybridized carbons (Fsp3) is 1.00. The van der Waals surface area contributed by atoms with Gasteiger partial charge in [-0.25, -0.2) is 0 Å². The van der Waals surface area contributed by atoms with Crippen LogP contribution in [0.25, 0.3) is 0 Å². The SMILES string of the molecule is NC1CCCCC1OCC1CC1. The van der Waals surface area contributed by atoms with Gasteiger partial charge in [0.1, 0.15) is 0 Å². The summed E-state index contributed by atoms with van der Waals surface area (Å²) in [5, 5.41) is 0. The minimum absolute atomic E-state index is 0.317. The average Bonchev–Trinajstić information content (AvgIpc) is 2.86. The maximum atomic E-state index is 5.96. The van der Waals surface area contributed by atoms with E-state index in [9.17, 15) is 0 Å². The second-order valence-corrected chi connectivity index (χ2v) is 4.26. The van der Waals surface area contributed by atoms with Crippen LogP contribution in [0.1, 0.15) is 38.5 Å². The standard InChI is InChI=1S/C10H19NO/c11-9-3-1-2-4-10(9)12-7-8-5-6-8/h8-10H,1-7,11H2. The lowest BCUT2D eigenvalue weighted by Crippen LogP contribution is -2.39. The molecule has 2 saturated carbocycles. The normalized spacial score (nSPS) is 36.8. The zero-order valence-electron chi connectivity index (χ0n) is 7.67. The van der Waals surface area contributed by atoms with Gasteiger partial charge in [0, 0.05) is 12.6 Å². The fourth-order valence-electron chi connectivity index (χ4n) is 1.88. The van der Waals surface area contributed by atoms with E-state index >= 15 is 0 Å². The van der Waals surface area contributed by atoms with Crippen LogP contribution in [0.4, 0.5) is 0 Å². The van der Waals surface area contributed by atoms with Crippen molar-refractivity contribution in [2.75, 3.05) is 6.61 Å². The second kappa shape index (κ2) is 3.75. The zero-order valence-corrected chi connectivity index (χ0v) is 7.67. The van der Waals surface area contributed by atoms with Crippen molar-refractivity contribution in [2.45, 2.75) is 50.7 Å². The molecule has 0 aliphatic heterocycles. The molecule has 0 heterocycles. The zero-order chi connectivity index (χ0) is 8.39. The third-order valence-corrected chi connectivity index (χ3v) is 3.00. The molecule has 0 aromatic carbocycles. The Kier molecular flexibility index (Phi) is 2.66. The first-order valence-electron chi connectivity index (χ1n) is 5.23. The molecule has 2 N–H and O–H groups in total. The largest absolute Gasteiger partial charge is 0.376 e. The number of nitrogens with two attached hydrogens (primary N) is 1. The maximum absolute atomic E-state index is 5.96. The minimum Gasteiger partial charge on any atom is -0.376 e. The smallest absolute Gasteiger partial charge is 0.0726 e. The van der Waals surface area contributed by atoms with Crippen LogP contribution in [-0.2, 0) is 4.74 Å². The molecule has 2 aliphatic carbocycles. The van der Waals surface area contributed by atoms with Crippen molar-refractivity contribution in [1.82, 2.24) is 0 Å². The molecule has 70 valence electrons. The molecule has 2 atom stereocenters. The molecule has 2 nitrogen and oxygen atoms in total. The number of hydrogen-bond acceptors (Lipinski definition) is 2. The Morgan fingerprint density at radius 1 is 1.08 bits per heavy atom. The Morgan fingerprint density at radius 3 is 2.50 bits per heavy atom. The molecule has 0 spiro atoms. The van der Waals surface area contributed by atoms with Crippen LogP contribution in [0.5, 0.6) is 0 Å². The summed E-state index contributed by atoms with van der Waals surface area (Å²) in [5.74, 6) is 0.874. The fourth-order valence-corrected chi connectivity index (χ4v) is 1.88. The Balaban J connectivity index is 1.68. The van der Waals surface area contributed by atoms with Gasteiger partial charge in [-0.3, -0.25) is 0 Å². The molecule has 0 radical (unpaired) electrons. The Bertz CT molecular complexity index is 145. The Morgan fingerprint density at radius 2 is 1.83 bits per heavy atom. The van der Waals surface area contributed by atoms with Gasteiger partial charge in [-0.05, 0) is 31.6 Å². The highest BCUT2D eigenvalue weighted by molar-refractivity contribution is 4.80. The molecular formula is C10H19NO. The molecule has 0 aromatic rings. The third-order valence-electron chi connectivity index (χ3n) is 3.00. The van der Waals surface area contributed by atoms with E-state index in [1.807, 2.05) is 0 Å². The highest BCUT2D eigenvalue weighted by atomic mass is 16.5. The van der Waals surface area contributed by atoms with Crippen LogP contribution in [0.3, 0.4) is 0 Å². The van der Waals surface area contributed by atoms with Gasteiger partial charge >= 0.3 is 0 Å². The molecule has 2 unspecified atom stereocenters. The van der Waals surface area contributed by atoms with Gasteiger partial charge in [0.25, 0.3) is 0 Å². The van der Waals surface area contributed by atoms with E-state index in [4.69, 9.17) is 10.5 Å². The van der Waals surface area contributed by atoms with Gasteiger partial charge in [0.2, 0.25) is 0 Å². The first-order chi connectivity index (χ1) is 5.86. The van der Waals surface area contributed by atoms with E-state index in [1.165, 1.54) is 32.1 Å². The van der Waals surface area contributed by atoms with Crippen molar-refractivity contribution in [2.24, 2.45) is 11.7 Å². The van der Waals surface area contributed by atoms with Crippen LogP contribution in [-0.4, -0.2) is 18.8 Å². The summed E-state index contributed by atoms with van der Waals surface area (Å²) in [7, 11) is 0. The van der Waals surface area contributed by atoms with Gasteiger partial charge < -0.3 is 10.5 Å². The van der Waals surface area contributed by atoms with Crippen molar-refractivity contribution in [3.63, 3.8) is 0 Å². The Labute approximate surface area is 74.5 Å². The van der Waals surface area contributed by atoms with Gasteiger partial charge in [-0.15, -0.1) is 0 Å². The predicted octanol–water partition coefficient (Wildman–Crippen LogP) is 1.68. The lowest BCUT2D eigenvalue weighted by Gasteiger charge is -2.28. The first-order valence-corrected chi connectivity index (χ1v) is 5.23. The van der Waals surface area contributed by atoms with Gasteiger partial charge in [0.05, 0.1) is 6.10 Å². The van der Waals surface area contributed by atoms with Gasteiger partial charge in [0.15, 0.2) is 0 Å². The monoisotopic (exact) mass is 169 g/mol. The molecule has 0 aromatic heterocycles. The van der Waals surface area contributed by atoms with E-state index in [0.29, 0.717) is 12.1 Å². The summed E-state index contributed by atoms with van der Waals surface area (Å²) in [6.45, 7) is 0.971. The topological polar surface area (TPSA) is 35.2 Å². The molecule has 2 rings (SSSR count). The summed E-state index contributed by atoms with van der Waals surface area (Å²) in [6, 6.07) is 0.317. The van der Waals surface area contributed by atoms with Crippen LogP contribution in [0, 0.1) is 5.92 Å². The molecular weight excluding hydrogens is 150 g/mol. The van der Waals surface area contributed by atoms with E-state index in [0.717, 1.165) is 18.9 Å². The summed E-state index contributed by atoms with van der Waals surface area (Å²) in [4.78, 5) is 0.